The van der Waals surface area contributed by atoms with Crippen molar-refractivity contribution in [3.05, 3.63) is 24.3 Å². The topological polar surface area (TPSA) is 72.9 Å². The minimum Gasteiger partial charge on any atom is -0.469 e. The van der Waals surface area contributed by atoms with E-state index in [2.05, 4.69) is 0 Å². The third kappa shape index (κ3) is 3.79. The summed E-state index contributed by atoms with van der Waals surface area (Å²) in [6.45, 7) is 4.96. The minimum absolute atomic E-state index is 0.224. The number of hydrogen-bond acceptors (Lipinski definition) is 5. The summed E-state index contributed by atoms with van der Waals surface area (Å²) >= 11 is 0. The Hall–Kier alpha value is -1.47. The van der Waals surface area contributed by atoms with Gasteiger partial charge in [0, 0.05) is 10.7 Å². The lowest BCUT2D eigenvalue weighted by atomic mass is 10.2. The number of amides is 1. The number of anilines is 1. The molecule has 6 nitrogen and oxygen atoms in total. The Kier molecular flexibility index (Phi) is 4.08. The van der Waals surface area contributed by atoms with Gasteiger partial charge in [0.1, 0.15) is 11.4 Å². The van der Waals surface area contributed by atoms with E-state index in [1.165, 1.54) is 4.90 Å². The summed E-state index contributed by atoms with van der Waals surface area (Å²) in [4.78, 5) is 13.5. The van der Waals surface area contributed by atoms with Crippen molar-refractivity contribution in [3.8, 4) is 5.75 Å². The van der Waals surface area contributed by atoms with Crippen LogP contribution in [0.1, 0.15) is 20.8 Å². The first-order valence-corrected chi connectivity index (χ1v) is 8.65. The maximum Gasteiger partial charge on any atom is 0.415 e. The Morgan fingerprint density at radius 1 is 1.38 bits per heavy atom. The Bertz CT molecular complexity index is 653. The van der Waals surface area contributed by atoms with Crippen LogP contribution in [0.25, 0.3) is 0 Å². The fraction of sp³-hybridized carbons (Fsp3) is 0.462. The molecular weight excluding hydrogens is 318 g/mol. The van der Waals surface area contributed by atoms with Crippen molar-refractivity contribution in [1.29, 1.82) is 0 Å². The van der Waals surface area contributed by atoms with Crippen molar-refractivity contribution in [1.82, 2.24) is 0 Å². The van der Waals surface area contributed by atoms with E-state index in [-0.39, 0.29) is 12.3 Å². The number of ether oxygens (including phenoxy) is 2. The number of carbonyl (C=O) groups is 1. The van der Waals surface area contributed by atoms with Gasteiger partial charge in [-0.15, -0.1) is 0 Å². The fourth-order valence-electron chi connectivity index (χ4n) is 1.84. The van der Waals surface area contributed by atoms with Crippen LogP contribution >= 0.6 is 10.7 Å². The van der Waals surface area contributed by atoms with Crippen molar-refractivity contribution in [3.63, 3.8) is 0 Å². The molecule has 0 radical (unpaired) electrons. The predicted molar refractivity (Wildman–Crippen MR) is 79.2 cm³/mol. The van der Waals surface area contributed by atoms with Crippen LogP contribution in [0.2, 0.25) is 0 Å². The zero-order valence-corrected chi connectivity index (χ0v) is 13.4. The van der Waals surface area contributed by atoms with Crippen LogP contribution in [0.4, 0.5) is 10.5 Å². The average molecular weight is 334 g/mol. The Morgan fingerprint density at radius 3 is 2.57 bits per heavy atom. The van der Waals surface area contributed by atoms with E-state index in [4.69, 9.17) is 20.2 Å². The second kappa shape index (κ2) is 5.38. The first kappa shape index (κ1) is 15.9. The van der Waals surface area contributed by atoms with Gasteiger partial charge in [0.05, 0.1) is 12.2 Å². The van der Waals surface area contributed by atoms with Gasteiger partial charge in [0.2, 0.25) is 5.44 Å². The number of halogens is 1. The molecule has 8 heteroatoms. The van der Waals surface area contributed by atoms with Crippen LogP contribution in [0.5, 0.6) is 5.75 Å². The number of nitrogens with zero attached hydrogens (tertiary/aromatic N) is 1. The van der Waals surface area contributed by atoms with Crippen LogP contribution in [-0.2, 0) is 13.8 Å². The number of fused-ring (bicyclic) bond motifs is 1. The average Bonchev–Trinajstić information content (AvgIpc) is 2.34. The lowest BCUT2D eigenvalue weighted by Crippen LogP contribution is -2.47. The normalized spacial score (nSPS) is 18.7. The van der Waals surface area contributed by atoms with E-state index in [0.29, 0.717) is 5.69 Å². The standard InChI is InChI=1S/C13H16ClNO5S/c1-13(2,3)20-12(16)15-8-11(21(14,17)18)19-10-7-5-4-6-9(10)15/h4-7,11H,8H2,1-3H3. The van der Waals surface area contributed by atoms with Gasteiger partial charge in [-0.1, -0.05) is 12.1 Å². The highest BCUT2D eigenvalue weighted by Gasteiger charge is 2.38. The van der Waals surface area contributed by atoms with Crippen molar-refractivity contribution < 1.29 is 22.7 Å². The van der Waals surface area contributed by atoms with E-state index in [0.717, 1.165) is 0 Å². The Labute approximate surface area is 128 Å². The van der Waals surface area contributed by atoms with Gasteiger partial charge in [0.25, 0.3) is 9.05 Å². The van der Waals surface area contributed by atoms with Crippen LogP contribution in [0, 0.1) is 0 Å². The van der Waals surface area contributed by atoms with Crippen LogP contribution in [-0.4, -0.2) is 32.1 Å². The molecule has 1 aliphatic rings. The number of carbonyl (C=O) groups excluding carboxylic acids is 1. The first-order valence-electron chi connectivity index (χ1n) is 6.27. The molecule has 0 fully saturated rings. The van der Waals surface area contributed by atoms with E-state index in [1.807, 2.05) is 0 Å². The summed E-state index contributed by atoms with van der Waals surface area (Å²) in [5.41, 5.74) is -1.58. The van der Waals surface area contributed by atoms with Gasteiger partial charge in [-0.2, -0.15) is 0 Å². The molecule has 1 amide bonds. The molecule has 0 saturated carbocycles. The van der Waals surface area contributed by atoms with E-state index >= 15 is 0 Å². The maximum absolute atomic E-state index is 12.3. The summed E-state index contributed by atoms with van der Waals surface area (Å²) in [5.74, 6) is 0.267. The molecule has 1 aliphatic heterocycles. The molecule has 1 heterocycles. The maximum atomic E-state index is 12.3. The van der Waals surface area contributed by atoms with Gasteiger partial charge in [-0.05, 0) is 32.9 Å². The van der Waals surface area contributed by atoms with Crippen molar-refractivity contribution >= 4 is 31.5 Å². The predicted octanol–water partition coefficient (Wildman–Crippen LogP) is 2.72. The lowest BCUT2D eigenvalue weighted by molar-refractivity contribution is 0.0563. The molecule has 2 rings (SSSR count). The minimum atomic E-state index is -3.98. The Morgan fingerprint density at radius 2 is 2.00 bits per heavy atom. The third-order valence-corrected chi connectivity index (χ3v) is 4.14. The molecule has 0 saturated heterocycles. The first-order chi connectivity index (χ1) is 9.58. The van der Waals surface area contributed by atoms with Crippen LogP contribution in [0.15, 0.2) is 24.3 Å². The van der Waals surface area contributed by atoms with Crippen molar-refractivity contribution in [2.45, 2.75) is 31.8 Å². The molecule has 0 N–H and O–H groups in total. The molecule has 0 bridgehead atoms. The highest BCUT2D eigenvalue weighted by atomic mass is 35.7. The molecule has 1 atom stereocenters. The molecule has 0 spiro atoms. The number of hydrogen-bond donors (Lipinski definition) is 0. The molecule has 1 aromatic carbocycles. The number of benzene rings is 1. The van der Waals surface area contributed by atoms with Gasteiger partial charge in [0.15, 0.2) is 0 Å². The second-order valence-electron chi connectivity index (χ2n) is 5.58. The summed E-state index contributed by atoms with van der Waals surface area (Å²) < 4.78 is 33.6. The molecule has 1 aromatic rings. The van der Waals surface area contributed by atoms with Gasteiger partial charge >= 0.3 is 6.09 Å². The summed E-state index contributed by atoms with van der Waals surface area (Å²) in [7, 11) is 1.37. The van der Waals surface area contributed by atoms with E-state index < -0.39 is 26.2 Å². The molecular formula is C13H16ClNO5S. The Balaban J connectivity index is 2.37. The highest BCUT2D eigenvalue weighted by molar-refractivity contribution is 8.14. The van der Waals surface area contributed by atoms with Crippen LogP contribution < -0.4 is 9.64 Å². The summed E-state index contributed by atoms with van der Waals surface area (Å²) in [6, 6.07) is 6.61. The molecule has 0 aromatic heterocycles. The van der Waals surface area contributed by atoms with Gasteiger partial charge in [-0.25, -0.2) is 13.2 Å². The molecule has 0 aliphatic carbocycles. The summed E-state index contributed by atoms with van der Waals surface area (Å²) in [5, 5.41) is 0. The SMILES string of the molecule is CC(C)(C)OC(=O)N1CC(S(=O)(=O)Cl)Oc2ccccc21. The van der Waals surface area contributed by atoms with Gasteiger partial charge < -0.3 is 9.47 Å². The quantitative estimate of drug-likeness (QED) is 0.739. The smallest absolute Gasteiger partial charge is 0.415 e. The molecule has 116 valence electrons. The number of rotatable bonds is 1. The monoisotopic (exact) mass is 333 g/mol. The summed E-state index contributed by atoms with van der Waals surface area (Å²) in [6.07, 6.45) is -0.649. The number of para-hydroxylation sites is 2. The van der Waals surface area contributed by atoms with Crippen molar-refractivity contribution in [2.75, 3.05) is 11.4 Å². The highest BCUT2D eigenvalue weighted by Crippen LogP contribution is 2.35. The van der Waals surface area contributed by atoms with Crippen LogP contribution in [0.3, 0.4) is 0 Å². The lowest BCUT2D eigenvalue weighted by Gasteiger charge is -2.34. The fourth-order valence-corrected chi connectivity index (χ4v) is 2.67. The van der Waals surface area contributed by atoms with Gasteiger partial charge in [-0.3, -0.25) is 4.90 Å². The molecule has 21 heavy (non-hydrogen) atoms. The zero-order valence-electron chi connectivity index (χ0n) is 11.9. The van der Waals surface area contributed by atoms with E-state index in [9.17, 15) is 13.2 Å². The van der Waals surface area contributed by atoms with Crippen molar-refractivity contribution in [2.24, 2.45) is 0 Å². The zero-order chi connectivity index (χ0) is 15.8. The second-order valence-corrected chi connectivity index (χ2v) is 8.35. The largest absolute Gasteiger partial charge is 0.469 e. The molecule has 1 unspecified atom stereocenters. The van der Waals surface area contributed by atoms with E-state index in [1.54, 1.807) is 45.0 Å². The third-order valence-electron chi connectivity index (χ3n) is 2.67.